The van der Waals surface area contributed by atoms with Gasteiger partial charge in [-0.05, 0) is 12.3 Å². The molecule has 0 atom stereocenters. The average Bonchev–Trinajstić information content (AvgIpc) is 1.80. The minimum Gasteiger partial charge on any atom is -0.251 e. The molecule has 1 heteroatoms. The van der Waals surface area contributed by atoms with Crippen molar-refractivity contribution in [1.29, 1.82) is 0 Å². The number of alkyl halides is 1. The fourth-order valence-corrected chi connectivity index (χ4v) is 0.824. The van der Waals surface area contributed by atoms with E-state index in [1.54, 1.807) is 0 Å². The van der Waals surface area contributed by atoms with Gasteiger partial charge in [-0.3, -0.25) is 4.39 Å². The molecule has 9 heavy (non-hydrogen) atoms. The molecule has 0 radical (unpaired) electrons. The predicted octanol–water partition coefficient (Wildman–Crippen LogP) is 3.17. The molecule has 0 aliphatic rings. The smallest absolute Gasteiger partial charge is 0.0894 e. The van der Waals surface area contributed by atoms with Crippen LogP contribution in [0.15, 0.2) is 0 Å². The van der Waals surface area contributed by atoms with Crippen molar-refractivity contribution in [2.45, 2.75) is 39.5 Å². The largest absolute Gasteiger partial charge is 0.251 e. The van der Waals surface area contributed by atoms with Crippen molar-refractivity contribution in [3.05, 3.63) is 0 Å². The summed E-state index contributed by atoms with van der Waals surface area (Å²) >= 11 is 0. The van der Waals surface area contributed by atoms with Crippen LogP contribution in [0.5, 0.6) is 0 Å². The van der Waals surface area contributed by atoms with E-state index >= 15 is 0 Å². The Bertz CT molecular complexity index is 50.5. The Morgan fingerprint density at radius 3 is 2.22 bits per heavy atom. The fourth-order valence-electron chi connectivity index (χ4n) is 0.824. The third-order valence-electron chi connectivity index (χ3n) is 1.42. The number of halogens is 1. The zero-order chi connectivity index (χ0) is 7.11. The first kappa shape index (κ1) is 8.93. The fraction of sp³-hybridized carbons (Fsp3) is 1.00. The maximum absolute atomic E-state index is 11.5. The van der Waals surface area contributed by atoms with E-state index in [1.807, 2.05) is 0 Å². The normalized spacial score (nSPS) is 10.7. The summed E-state index contributed by atoms with van der Waals surface area (Å²) in [7, 11) is 0. The maximum Gasteiger partial charge on any atom is 0.0894 e. The first-order chi connectivity index (χ1) is 4.27. The Labute approximate surface area is 57.5 Å². The summed E-state index contributed by atoms with van der Waals surface area (Å²) in [5.74, 6) is 0.782. The van der Waals surface area contributed by atoms with Crippen molar-refractivity contribution in [3.8, 4) is 0 Å². The van der Waals surface area contributed by atoms with Gasteiger partial charge in [0.2, 0.25) is 0 Å². The molecular weight excluding hydrogens is 115 g/mol. The van der Waals surface area contributed by atoms with Crippen molar-refractivity contribution in [1.82, 2.24) is 0 Å². The zero-order valence-electron chi connectivity index (χ0n) is 6.49. The monoisotopic (exact) mass is 132 g/mol. The van der Waals surface area contributed by atoms with Gasteiger partial charge in [0.25, 0.3) is 0 Å². The lowest BCUT2D eigenvalue weighted by Crippen LogP contribution is -1.87. The van der Waals surface area contributed by atoms with Gasteiger partial charge in [-0.1, -0.05) is 33.1 Å². The minimum atomic E-state index is -0.141. The van der Waals surface area contributed by atoms with Crippen LogP contribution in [-0.4, -0.2) is 6.67 Å². The Kier molecular flexibility index (Phi) is 6.01. The van der Waals surface area contributed by atoms with Crippen molar-refractivity contribution in [2.75, 3.05) is 6.67 Å². The van der Waals surface area contributed by atoms with Gasteiger partial charge in [-0.15, -0.1) is 0 Å². The van der Waals surface area contributed by atoms with E-state index in [0.717, 1.165) is 18.8 Å². The number of hydrogen-bond acceptors (Lipinski definition) is 0. The molecular formula is C8H17F. The molecule has 0 bridgehead atoms. The standard InChI is InChI=1S/C8H17F/c1-8(2)6-4-3-5-7-9/h8H,3-7H2,1-2H3. The quantitative estimate of drug-likeness (QED) is 0.504. The van der Waals surface area contributed by atoms with Crippen molar-refractivity contribution >= 4 is 0 Å². The van der Waals surface area contributed by atoms with Gasteiger partial charge in [-0.25, -0.2) is 0 Å². The number of hydrogen-bond donors (Lipinski definition) is 0. The molecule has 0 rings (SSSR count). The molecule has 0 saturated carbocycles. The molecule has 0 saturated heterocycles. The Morgan fingerprint density at radius 1 is 1.11 bits per heavy atom. The van der Waals surface area contributed by atoms with Gasteiger partial charge in [-0.2, -0.15) is 0 Å². The number of rotatable bonds is 5. The first-order valence-corrected chi connectivity index (χ1v) is 3.83. The second kappa shape index (κ2) is 6.06. The highest BCUT2D eigenvalue weighted by atomic mass is 19.1. The van der Waals surface area contributed by atoms with Crippen molar-refractivity contribution < 1.29 is 4.39 Å². The Hall–Kier alpha value is -0.0700. The molecule has 0 aliphatic carbocycles. The molecule has 0 aromatic heterocycles. The molecule has 0 nitrogen and oxygen atoms in total. The average molecular weight is 132 g/mol. The van der Waals surface area contributed by atoms with Gasteiger partial charge in [0.05, 0.1) is 6.67 Å². The summed E-state index contributed by atoms with van der Waals surface area (Å²) in [6.07, 6.45) is 4.27. The number of unbranched alkanes of at least 4 members (excludes halogenated alkanes) is 2. The van der Waals surface area contributed by atoms with Crippen LogP contribution in [0, 0.1) is 5.92 Å². The van der Waals surface area contributed by atoms with Gasteiger partial charge >= 0.3 is 0 Å². The molecule has 0 fully saturated rings. The van der Waals surface area contributed by atoms with Crippen LogP contribution < -0.4 is 0 Å². The topological polar surface area (TPSA) is 0 Å². The van der Waals surface area contributed by atoms with E-state index in [-0.39, 0.29) is 6.67 Å². The maximum atomic E-state index is 11.5. The van der Waals surface area contributed by atoms with Crippen LogP contribution in [0.3, 0.4) is 0 Å². The molecule has 0 aromatic carbocycles. The third-order valence-corrected chi connectivity index (χ3v) is 1.42. The van der Waals surface area contributed by atoms with E-state index in [0.29, 0.717) is 0 Å². The summed E-state index contributed by atoms with van der Waals surface area (Å²) in [5, 5.41) is 0. The van der Waals surface area contributed by atoms with Gasteiger partial charge in [0.15, 0.2) is 0 Å². The second-order valence-corrected chi connectivity index (χ2v) is 2.93. The van der Waals surface area contributed by atoms with Crippen LogP contribution in [0.1, 0.15) is 39.5 Å². The molecule has 56 valence electrons. The zero-order valence-corrected chi connectivity index (χ0v) is 6.49. The minimum absolute atomic E-state index is 0.141. The van der Waals surface area contributed by atoms with Gasteiger partial charge in [0, 0.05) is 0 Å². The molecule has 0 unspecified atom stereocenters. The van der Waals surface area contributed by atoms with Crippen molar-refractivity contribution in [3.63, 3.8) is 0 Å². The summed E-state index contributed by atoms with van der Waals surface area (Å²) in [4.78, 5) is 0. The second-order valence-electron chi connectivity index (χ2n) is 2.93. The van der Waals surface area contributed by atoms with E-state index in [1.165, 1.54) is 12.8 Å². The lowest BCUT2D eigenvalue weighted by molar-refractivity contribution is 0.440. The Balaban J connectivity index is 2.75. The molecule has 0 N–H and O–H groups in total. The summed E-state index contributed by atoms with van der Waals surface area (Å²) in [6, 6.07) is 0. The molecule has 0 aromatic rings. The van der Waals surface area contributed by atoms with Gasteiger partial charge < -0.3 is 0 Å². The van der Waals surface area contributed by atoms with Crippen LogP contribution in [0.2, 0.25) is 0 Å². The lowest BCUT2D eigenvalue weighted by atomic mass is 10.1. The third kappa shape index (κ3) is 7.93. The highest BCUT2D eigenvalue weighted by molar-refractivity contribution is 4.46. The summed E-state index contributed by atoms with van der Waals surface area (Å²) in [5.41, 5.74) is 0. The molecule has 0 heterocycles. The van der Waals surface area contributed by atoms with Crippen LogP contribution in [0.25, 0.3) is 0 Å². The molecule has 0 aliphatic heterocycles. The SMILES string of the molecule is CC(C)CCCCCF. The van der Waals surface area contributed by atoms with E-state index < -0.39 is 0 Å². The van der Waals surface area contributed by atoms with Crippen LogP contribution in [-0.2, 0) is 0 Å². The highest BCUT2D eigenvalue weighted by Crippen LogP contribution is 2.07. The predicted molar refractivity (Wildman–Crippen MR) is 39.3 cm³/mol. The van der Waals surface area contributed by atoms with E-state index in [4.69, 9.17) is 0 Å². The van der Waals surface area contributed by atoms with Crippen LogP contribution >= 0.6 is 0 Å². The molecule has 0 amide bonds. The van der Waals surface area contributed by atoms with Gasteiger partial charge in [0.1, 0.15) is 0 Å². The summed E-state index contributed by atoms with van der Waals surface area (Å²) < 4.78 is 11.5. The van der Waals surface area contributed by atoms with Crippen LogP contribution in [0.4, 0.5) is 4.39 Å². The van der Waals surface area contributed by atoms with E-state index in [2.05, 4.69) is 13.8 Å². The first-order valence-electron chi connectivity index (χ1n) is 3.83. The Morgan fingerprint density at radius 2 is 1.78 bits per heavy atom. The molecule has 0 spiro atoms. The van der Waals surface area contributed by atoms with Crippen molar-refractivity contribution in [2.24, 2.45) is 5.92 Å². The lowest BCUT2D eigenvalue weighted by Gasteiger charge is -2.01. The summed E-state index contributed by atoms with van der Waals surface area (Å²) in [6.45, 7) is 4.27. The highest BCUT2D eigenvalue weighted by Gasteiger charge is 1.92. The van der Waals surface area contributed by atoms with E-state index in [9.17, 15) is 4.39 Å².